The van der Waals surface area contributed by atoms with E-state index in [1.165, 1.54) is 13.3 Å². The molecular formula is C23H29N5O4. The summed E-state index contributed by atoms with van der Waals surface area (Å²) in [4.78, 5) is 36.9. The molecule has 3 amide bonds. The van der Waals surface area contributed by atoms with E-state index in [1.54, 1.807) is 16.0 Å². The summed E-state index contributed by atoms with van der Waals surface area (Å²) >= 11 is 0. The van der Waals surface area contributed by atoms with Crippen LogP contribution in [0.5, 0.6) is 11.8 Å². The Morgan fingerprint density at radius 1 is 1.09 bits per heavy atom. The van der Waals surface area contributed by atoms with Gasteiger partial charge in [0.1, 0.15) is 12.6 Å². The maximum Gasteiger partial charge on any atom is 0.325 e. The molecule has 0 unspecified atom stereocenters. The maximum absolute atomic E-state index is 12.7. The first kappa shape index (κ1) is 21.9. The van der Waals surface area contributed by atoms with Crippen molar-refractivity contribution in [2.45, 2.75) is 44.8 Å². The Bertz CT molecular complexity index is 944. The SMILES string of the molecule is COc1cncc(OC2CCC(NC(=O)CN3CCN(c4ccc(C)cc4)C3=O)CC2)n1. The number of anilines is 1. The predicted octanol–water partition coefficient (Wildman–Crippen LogP) is 2.54. The zero-order valence-corrected chi connectivity index (χ0v) is 18.5. The Kier molecular flexibility index (Phi) is 6.72. The third kappa shape index (κ3) is 5.27. The summed E-state index contributed by atoms with van der Waals surface area (Å²) in [5.41, 5.74) is 2.01. The van der Waals surface area contributed by atoms with Crippen molar-refractivity contribution in [3.8, 4) is 11.8 Å². The van der Waals surface area contributed by atoms with Gasteiger partial charge in [-0.05, 0) is 44.7 Å². The molecule has 9 heteroatoms. The standard InChI is InChI=1S/C23H29N5O4/c1-16-3-7-18(8-4-16)28-12-11-27(23(28)30)15-20(29)25-17-5-9-19(10-6-17)32-22-14-24-13-21(26-22)31-2/h3-4,7-8,13-14,17,19H,5-6,9-12,15H2,1-2H3,(H,25,29). The molecule has 1 aliphatic carbocycles. The minimum Gasteiger partial charge on any atom is -0.480 e. The number of methoxy groups -OCH3 is 1. The van der Waals surface area contributed by atoms with Crippen LogP contribution in [0.25, 0.3) is 0 Å². The second-order valence-corrected chi connectivity index (χ2v) is 8.25. The average molecular weight is 440 g/mol. The molecular weight excluding hydrogens is 410 g/mol. The van der Waals surface area contributed by atoms with Crippen LogP contribution in [0.1, 0.15) is 31.2 Å². The highest BCUT2D eigenvalue weighted by Crippen LogP contribution is 2.24. The Morgan fingerprint density at radius 3 is 2.53 bits per heavy atom. The van der Waals surface area contributed by atoms with E-state index in [4.69, 9.17) is 9.47 Å². The molecule has 1 saturated carbocycles. The number of carbonyl (C=O) groups is 2. The van der Waals surface area contributed by atoms with Gasteiger partial charge in [-0.15, -0.1) is 0 Å². The van der Waals surface area contributed by atoms with Crippen molar-refractivity contribution in [1.29, 1.82) is 0 Å². The number of nitrogens with one attached hydrogen (secondary N) is 1. The number of aryl methyl sites for hydroxylation is 1. The molecule has 0 bridgehead atoms. The molecule has 4 rings (SSSR count). The third-order valence-electron chi connectivity index (χ3n) is 5.90. The van der Waals surface area contributed by atoms with Crippen molar-refractivity contribution in [2.75, 3.05) is 31.6 Å². The van der Waals surface area contributed by atoms with Crippen molar-refractivity contribution in [3.63, 3.8) is 0 Å². The lowest BCUT2D eigenvalue weighted by molar-refractivity contribution is -0.122. The van der Waals surface area contributed by atoms with E-state index in [0.29, 0.717) is 24.8 Å². The van der Waals surface area contributed by atoms with Gasteiger partial charge < -0.3 is 19.7 Å². The Morgan fingerprint density at radius 2 is 1.81 bits per heavy atom. The van der Waals surface area contributed by atoms with E-state index in [0.717, 1.165) is 36.9 Å². The number of hydrogen-bond acceptors (Lipinski definition) is 6. The van der Waals surface area contributed by atoms with Crippen LogP contribution < -0.4 is 19.7 Å². The summed E-state index contributed by atoms with van der Waals surface area (Å²) in [6.07, 6.45) is 6.40. The van der Waals surface area contributed by atoms with Crippen LogP contribution in [0, 0.1) is 6.92 Å². The number of urea groups is 1. The van der Waals surface area contributed by atoms with Gasteiger partial charge in [-0.3, -0.25) is 14.7 Å². The lowest BCUT2D eigenvalue weighted by Crippen LogP contribution is -2.45. The molecule has 2 aromatic rings. The monoisotopic (exact) mass is 439 g/mol. The minimum absolute atomic E-state index is 0.0350. The summed E-state index contributed by atoms with van der Waals surface area (Å²) in [7, 11) is 1.54. The number of amides is 3. The van der Waals surface area contributed by atoms with Crippen LogP contribution in [0.15, 0.2) is 36.7 Å². The van der Waals surface area contributed by atoms with Gasteiger partial charge in [0, 0.05) is 24.8 Å². The van der Waals surface area contributed by atoms with Gasteiger partial charge in [0.05, 0.1) is 19.5 Å². The summed E-state index contributed by atoms with van der Waals surface area (Å²) < 4.78 is 11.0. The van der Waals surface area contributed by atoms with Crippen molar-refractivity contribution in [1.82, 2.24) is 20.2 Å². The normalized spacial score (nSPS) is 20.9. The van der Waals surface area contributed by atoms with E-state index in [1.807, 2.05) is 31.2 Å². The summed E-state index contributed by atoms with van der Waals surface area (Å²) in [5.74, 6) is 0.746. The van der Waals surface area contributed by atoms with Crippen LogP contribution in [0.3, 0.4) is 0 Å². The molecule has 0 radical (unpaired) electrons. The summed E-state index contributed by atoms with van der Waals surface area (Å²) in [6.45, 7) is 3.23. The van der Waals surface area contributed by atoms with Crippen LogP contribution >= 0.6 is 0 Å². The summed E-state index contributed by atoms with van der Waals surface area (Å²) in [5, 5.41) is 3.08. The zero-order valence-electron chi connectivity index (χ0n) is 18.5. The van der Waals surface area contributed by atoms with Crippen LogP contribution in [0.4, 0.5) is 10.5 Å². The molecule has 1 N–H and O–H groups in total. The molecule has 2 aliphatic rings. The molecule has 0 spiro atoms. The number of benzene rings is 1. The lowest BCUT2D eigenvalue weighted by Gasteiger charge is -2.29. The molecule has 1 aliphatic heterocycles. The first-order valence-electron chi connectivity index (χ1n) is 11.0. The van der Waals surface area contributed by atoms with Gasteiger partial charge in [-0.25, -0.2) is 4.79 Å². The second-order valence-electron chi connectivity index (χ2n) is 8.25. The quantitative estimate of drug-likeness (QED) is 0.712. The van der Waals surface area contributed by atoms with Crippen molar-refractivity contribution in [2.24, 2.45) is 0 Å². The number of hydrogen-bond donors (Lipinski definition) is 1. The fraction of sp³-hybridized carbons (Fsp3) is 0.478. The number of carbonyl (C=O) groups excluding carboxylic acids is 2. The smallest absolute Gasteiger partial charge is 0.325 e. The fourth-order valence-electron chi connectivity index (χ4n) is 4.12. The highest BCUT2D eigenvalue weighted by Gasteiger charge is 2.31. The molecule has 32 heavy (non-hydrogen) atoms. The molecule has 9 nitrogen and oxygen atoms in total. The van der Waals surface area contributed by atoms with Crippen LogP contribution in [-0.2, 0) is 4.79 Å². The Balaban J connectivity index is 1.21. The van der Waals surface area contributed by atoms with Crippen LogP contribution in [-0.4, -0.2) is 65.7 Å². The van der Waals surface area contributed by atoms with Gasteiger partial charge in [-0.1, -0.05) is 17.7 Å². The molecule has 1 aromatic carbocycles. The average Bonchev–Trinajstić information content (AvgIpc) is 3.15. The number of aromatic nitrogens is 2. The molecule has 2 heterocycles. The van der Waals surface area contributed by atoms with Gasteiger partial charge in [-0.2, -0.15) is 4.98 Å². The van der Waals surface area contributed by atoms with Gasteiger partial charge >= 0.3 is 6.03 Å². The maximum atomic E-state index is 12.7. The second kappa shape index (κ2) is 9.84. The largest absolute Gasteiger partial charge is 0.480 e. The van der Waals surface area contributed by atoms with E-state index < -0.39 is 0 Å². The third-order valence-corrected chi connectivity index (χ3v) is 5.90. The first-order chi connectivity index (χ1) is 15.5. The number of nitrogens with zero attached hydrogens (tertiary/aromatic N) is 4. The topological polar surface area (TPSA) is 96.9 Å². The highest BCUT2D eigenvalue weighted by molar-refractivity contribution is 5.96. The Labute approximate surface area is 187 Å². The number of rotatable bonds is 7. The Hall–Kier alpha value is -3.36. The molecule has 2 fully saturated rings. The van der Waals surface area contributed by atoms with E-state index in [2.05, 4.69) is 15.3 Å². The van der Waals surface area contributed by atoms with Crippen molar-refractivity contribution < 1.29 is 19.1 Å². The van der Waals surface area contributed by atoms with Gasteiger partial charge in [0.15, 0.2) is 0 Å². The zero-order chi connectivity index (χ0) is 22.5. The van der Waals surface area contributed by atoms with E-state index >= 15 is 0 Å². The predicted molar refractivity (Wildman–Crippen MR) is 119 cm³/mol. The molecule has 170 valence electrons. The van der Waals surface area contributed by atoms with Gasteiger partial charge in [0.2, 0.25) is 17.7 Å². The minimum atomic E-state index is -0.125. The van der Waals surface area contributed by atoms with E-state index in [9.17, 15) is 9.59 Å². The fourth-order valence-corrected chi connectivity index (χ4v) is 4.12. The highest BCUT2D eigenvalue weighted by atomic mass is 16.5. The van der Waals surface area contributed by atoms with Crippen molar-refractivity contribution >= 4 is 17.6 Å². The molecule has 0 atom stereocenters. The summed E-state index contributed by atoms with van der Waals surface area (Å²) in [6, 6.07) is 7.81. The van der Waals surface area contributed by atoms with Gasteiger partial charge in [0.25, 0.3) is 0 Å². The lowest BCUT2D eigenvalue weighted by atomic mass is 9.93. The number of ether oxygens (including phenoxy) is 2. The molecule has 1 saturated heterocycles. The first-order valence-corrected chi connectivity index (χ1v) is 11.0. The molecule has 1 aromatic heterocycles. The van der Waals surface area contributed by atoms with E-state index in [-0.39, 0.29) is 30.6 Å². The van der Waals surface area contributed by atoms with Crippen molar-refractivity contribution in [3.05, 3.63) is 42.2 Å². The van der Waals surface area contributed by atoms with Crippen LogP contribution in [0.2, 0.25) is 0 Å².